The van der Waals surface area contributed by atoms with Crippen LogP contribution in [0.1, 0.15) is 26.2 Å². The van der Waals surface area contributed by atoms with E-state index in [1.165, 1.54) is 24.6 Å². The summed E-state index contributed by atoms with van der Waals surface area (Å²) >= 11 is 1.42. The molecule has 0 spiro atoms. The number of unbranched alkanes of at least 4 members (excludes halogenated alkanes) is 2. The third kappa shape index (κ3) is 5.69. The highest BCUT2D eigenvalue weighted by molar-refractivity contribution is 7.99. The van der Waals surface area contributed by atoms with Crippen LogP contribution in [0.4, 0.5) is 5.69 Å². The zero-order chi connectivity index (χ0) is 18.9. The maximum Gasteiger partial charge on any atom is 0.234 e. The molecule has 5 nitrogen and oxygen atoms in total. The van der Waals surface area contributed by atoms with E-state index in [-0.39, 0.29) is 5.91 Å². The topological polar surface area (TPSA) is 59.8 Å². The zero-order valence-corrected chi connectivity index (χ0v) is 16.3. The van der Waals surface area contributed by atoms with Crippen molar-refractivity contribution in [2.75, 3.05) is 11.1 Å². The highest BCUT2D eigenvalue weighted by Crippen LogP contribution is 2.21. The van der Waals surface area contributed by atoms with Crippen molar-refractivity contribution in [2.24, 2.45) is 0 Å². The van der Waals surface area contributed by atoms with Crippen LogP contribution in [0, 0.1) is 0 Å². The summed E-state index contributed by atoms with van der Waals surface area (Å²) in [4.78, 5) is 12.2. The van der Waals surface area contributed by atoms with Gasteiger partial charge in [-0.2, -0.15) is 0 Å². The number of carbonyl (C=O) groups excluding carboxylic acids is 1. The number of aromatic nitrogens is 3. The third-order valence-corrected chi connectivity index (χ3v) is 5.17. The molecule has 0 radical (unpaired) electrons. The van der Waals surface area contributed by atoms with Crippen molar-refractivity contribution < 1.29 is 4.79 Å². The van der Waals surface area contributed by atoms with Crippen molar-refractivity contribution in [3.8, 4) is 11.1 Å². The molecule has 0 unspecified atom stereocenters. The van der Waals surface area contributed by atoms with E-state index >= 15 is 0 Å². The number of hydrogen-bond donors (Lipinski definition) is 1. The Morgan fingerprint density at radius 3 is 2.52 bits per heavy atom. The molecule has 0 atom stereocenters. The minimum absolute atomic E-state index is 0.0458. The van der Waals surface area contributed by atoms with Crippen LogP contribution in [0.2, 0.25) is 0 Å². The Balaban J connectivity index is 1.50. The molecule has 3 aromatic rings. The van der Waals surface area contributed by atoms with Gasteiger partial charge in [-0.3, -0.25) is 4.79 Å². The highest BCUT2D eigenvalue weighted by atomic mass is 32.2. The van der Waals surface area contributed by atoms with Crippen molar-refractivity contribution >= 4 is 23.4 Å². The lowest BCUT2D eigenvalue weighted by atomic mass is 10.1. The van der Waals surface area contributed by atoms with Gasteiger partial charge in [0.05, 0.1) is 5.75 Å². The Morgan fingerprint density at radius 1 is 1.04 bits per heavy atom. The number of anilines is 1. The Kier molecular flexibility index (Phi) is 7.04. The second-order valence-electron chi connectivity index (χ2n) is 6.29. The average Bonchev–Trinajstić information content (AvgIpc) is 3.15. The predicted molar refractivity (Wildman–Crippen MR) is 111 cm³/mol. The van der Waals surface area contributed by atoms with Gasteiger partial charge in [0.1, 0.15) is 6.33 Å². The molecule has 27 heavy (non-hydrogen) atoms. The zero-order valence-electron chi connectivity index (χ0n) is 15.5. The summed E-state index contributed by atoms with van der Waals surface area (Å²) in [7, 11) is 0. The Morgan fingerprint density at radius 2 is 1.78 bits per heavy atom. The van der Waals surface area contributed by atoms with E-state index in [4.69, 9.17) is 0 Å². The molecule has 1 N–H and O–H groups in total. The lowest BCUT2D eigenvalue weighted by Gasteiger charge is -2.08. The number of rotatable bonds is 9. The Hall–Kier alpha value is -2.60. The Labute approximate surface area is 164 Å². The van der Waals surface area contributed by atoms with E-state index in [1.807, 2.05) is 47.0 Å². The normalized spacial score (nSPS) is 10.7. The summed E-state index contributed by atoms with van der Waals surface area (Å²) in [5.74, 6) is 0.267. The maximum atomic E-state index is 12.2. The molecule has 140 valence electrons. The van der Waals surface area contributed by atoms with Crippen LogP contribution in [0.3, 0.4) is 0 Å². The van der Waals surface area contributed by atoms with Gasteiger partial charge in [0.15, 0.2) is 5.16 Å². The summed E-state index contributed by atoms with van der Waals surface area (Å²) < 4.78 is 2.02. The van der Waals surface area contributed by atoms with Gasteiger partial charge in [0.2, 0.25) is 5.91 Å². The molecule has 1 amide bonds. The molecule has 0 aliphatic carbocycles. The minimum atomic E-state index is -0.0458. The summed E-state index contributed by atoms with van der Waals surface area (Å²) in [5.41, 5.74) is 3.08. The molecule has 0 aliphatic heterocycles. The molecule has 2 aromatic carbocycles. The minimum Gasteiger partial charge on any atom is -0.325 e. The largest absolute Gasteiger partial charge is 0.325 e. The van der Waals surface area contributed by atoms with Crippen LogP contribution in [0.5, 0.6) is 0 Å². The molecule has 6 heteroatoms. The molecule has 3 rings (SSSR count). The van der Waals surface area contributed by atoms with Crippen LogP contribution in [0.15, 0.2) is 66.1 Å². The lowest BCUT2D eigenvalue weighted by molar-refractivity contribution is -0.113. The fourth-order valence-corrected chi connectivity index (χ4v) is 3.49. The van der Waals surface area contributed by atoms with Crippen molar-refractivity contribution in [3.63, 3.8) is 0 Å². The summed E-state index contributed by atoms with van der Waals surface area (Å²) in [6.07, 6.45) is 5.19. The van der Waals surface area contributed by atoms with Crippen LogP contribution < -0.4 is 5.32 Å². The second kappa shape index (κ2) is 9.92. The molecule has 0 fully saturated rings. The first kappa shape index (κ1) is 19.2. The van der Waals surface area contributed by atoms with Crippen molar-refractivity contribution in [1.82, 2.24) is 14.8 Å². The summed E-state index contributed by atoms with van der Waals surface area (Å²) in [6, 6.07) is 18.1. The van der Waals surface area contributed by atoms with Gasteiger partial charge in [0, 0.05) is 12.2 Å². The van der Waals surface area contributed by atoms with Gasteiger partial charge >= 0.3 is 0 Å². The number of amides is 1. The van der Waals surface area contributed by atoms with Crippen LogP contribution in [-0.2, 0) is 11.3 Å². The monoisotopic (exact) mass is 380 g/mol. The van der Waals surface area contributed by atoms with Crippen LogP contribution in [0.25, 0.3) is 11.1 Å². The first-order valence-electron chi connectivity index (χ1n) is 9.22. The SMILES string of the molecule is CCCCCn1cnnc1SCC(=O)Nc1ccc(-c2ccccc2)cc1. The molecule has 0 saturated carbocycles. The molecular formula is C21H24N4OS. The van der Waals surface area contributed by atoms with Gasteiger partial charge in [-0.1, -0.05) is 74.0 Å². The maximum absolute atomic E-state index is 12.2. The first-order chi connectivity index (χ1) is 13.3. The number of nitrogens with one attached hydrogen (secondary N) is 1. The molecule has 1 aromatic heterocycles. The predicted octanol–water partition coefficient (Wildman–Crippen LogP) is 4.87. The van der Waals surface area contributed by atoms with E-state index in [0.29, 0.717) is 5.75 Å². The highest BCUT2D eigenvalue weighted by Gasteiger charge is 2.09. The molecular weight excluding hydrogens is 356 g/mol. The number of hydrogen-bond acceptors (Lipinski definition) is 4. The fourth-order valence-electron chi connectivity index (χ4n) is 2.75. The average molecular weight is 381 g/mol. The van der Waals surface area contributed by atoms with Crippen LogP contribution >= 0.6 is 11.8 Å². The van der Waals surface area contributed by atoms with Gasteiger partial charge < -0.3 is 9.88 Å². The number of benzene rings is 2. The third-order valence-electron chi connectivity index (χ3n) is 4.19. The smallest absolute Gasteiger partial charge is 0.234 e. The van der Waals surface area contributed by atoms with Gasteiger partial charge in [-0.15, -0.1) is 10.2 Å². The van der Waals surface area contributed by atoms with Crippen LogP contribution in [-0.4, -0.2) is 26.4 Å². The van der Waals surface area contributed by atoms with Crippen molar-refractivity contribution in [1.29, 1.82) is 0 Å². The summed E-state index contributed by atoms with van der Waals surface area (Å²) in [6.45, 7) is 3.07. The molecule has 0 aliphatic rings. The quantitative estimate of drug-likeness (QED) is 0.425. The fraction of sp³-hybridized carbons (Fsp3) is 0.286. The number of aryl methyl sites for hydroxylation is 1. The molecule has 0 bridgehead atoms. The first-order valence-corrected chi connectivity index (χ1v) is 10.2. The summed E-state index contributed by atoms with van der Waals surface area (Å²) in [5, 5.41) is 11.8. The van der Waals surface area contributed by atoms with Gasteiger partial charge in [-0.05, 0) is 29.7 Å². The molecule has 1 heterocycles. The van der Waals surface area contributed by atoms with E-state index in [0.717, 1.165) is 34.9 Å². The van der Waals surface area contributed by atoms with E-state index in [2.05, 4.69) is 34.6 Å². The number of carbonyl (C=O) groups is 1. The number of thioether (sulfide) groups is 1. The van der Waals surface area contributed by atoms with E-state index < -0.39 is 0 Å². The van der Waals surface area contributed by atoms with E-state index in [1.54, 1.807) is 6.33 Å². The Bertz CT molecular complexity index is 846. The number of nitrogens with zero attached hydrogens (tertiary/aromatic N) is 3. The van der Waals surface area contributed by atoms with Gasteiger partial charge in [-0.25, -0.2) is 0 Å². The van der Waals surface area contributed by atoms with Gasteiger partial charge in [0.25, 0.3) is 0 Å². The lowest BCUT2D eigenvalue weighted by Crippen LogP contribution is -2.14. The molecule has 0 saturated heterocycles. The second-order valence-corrected chi connectivity index (χ2v) is 7.24. The van der Waals surface area contributed by atoms with E-state index in [9.17, 15) is 4.79 Å². The van der Waals surface area contributed by atoms with Crippen molar-refractivity contribution in [2.45, 2.75) is 37.9 Å². The van der Waals surface area contributed by atoms with Crippen molar-refractivity contribution in [3.05, 3.63) is 60.9 Å². The standard InChI is InChI=1S/C21H24N4OS/c1-2-3-7-14-25-16-22-24-21(25)27-15-20(26)23-19-12-10-18(11-13-19)17-8-5-4-6-9-17/h4-6,8-13,16H,2-3,7,14-15H2,1H3,(H,23,26).